The Morgan fingerprint density at radius 1 is 1.22 bits per heavy atom. The van der Waals surface area contributed by atoms with Gasteiger partial charge in [-0.3, -0.25) is 4.79 Å². The van der Waals surface area contributed by atoms with Gasteiger partial charge in [0.15, 0.2) is 0 Å². The van der Waals surface area contributed by atoms with E-state index in [0.29, 0.717) is 10.6 Å². The molecule has 0 aliphatic rings. The fourth-order valence-electron chi connectivity index (χ4n) is 1.24. The summed E-state index contributed by atoms with van der Waals surface area (Å²) in [6.07, 6.45) is -3.90. The van der Waals surface area contributed by atoms with E-state index in [2.05, 4.69) is 20.9 Å². The van der Waals surface area contributed by atoms with Gasteiger partial charge in [0.05, 0.1) is 0 Å². The Morgan fingerprint density at radius 2 is 1.83 bits per heavy atom. The smallest absolute Gasteiger partial charge is 0.283 e. The number of hydrogen-bond donors (Lipinski definition) is 0. The summed E-state index contributed by atoms with van der Waals surface area (Å²) in [4.78, 5) is 14.4. The average molecular weight is 336 g/mol. The fraction of sp³-hybridized carbons (Fsp3) is 0.0909. The van der Waals surface area contributed by atoms with Gasteiger partial charge in [0.25, 0.3) is 5.78 Å². The second-order valence-corrected chi connectivity index (χ2v) is 5.31. The maximum absolute atomic E-state index is 12.2. The molecule has 0 aliphatic heterocycles. The second kappa shape index (κ2) is 4.81. The van der Waals surface area contributed by atoms with Gasteiger partial charge in [-0.15, -0.1) is 11.3 Å². The summed E-state index contributed by atoms with van der Waals surface area (Å²) in [5.74, 6) is -1.86. The van der Waals surface area contributed by atoms with Crippen LogP contribution in [0, 0.1) is 0 Å². The lowest BCUT2D eigenvalue weighted by atomic mass is 10.2. The van der Waals surface area contributed by atoms with Crippen molar-refractivity contribution in [3.05, 3.63) is 39.8 Å². The third-order valence-electron chi connectivity index (χ3n) is 2.08. The monoisotopic (exact) mass is 335 g/mol. The van der Waals surface area contributed by atoms with Gasteiger partial charge in [-0.05, 0) is 12.1 Å². The van der Waals surface area contributed by atoms with E-state index in [-0.39, 0.29) is 0 Å². The van der Waals surface area contributed by atoms with Crippen LogP contribution in [0.2, 0.25) is 0 Å². The van der Waals surface area contributed by atoms with E-state index < -0.39 is 16.8 Å². The molecule has 2 nitrogen and oxygen atoms in total. The molecule has 7 heteroatoms. The standard InChI is InChI=1S/C11H5BrF3NOS/c12-7-3-1-6(2-4-7)10-16-5-8(18-10)9(17)11(13,14)15/h1-5H. The molecule has 0 bridgehead atoms. The van der Waals surface area contributed by atoms with Gasteiger partial charge in [0.2, 0.25) is 0 Å². The summed E-state index contributed by atoms with van der Waals surface area (Å²) in [5, 5.41) is 0.384. The zero-order valence-corrected chi connectivity index (χ0v) is 11.1. The number of ketones is 1. The van der Waals surface area contributed by atoms with E-state index in [0.717, 1.165) is 22.0 Å². The molecule has 0 spiro atoms. The van der Waals surface area contributed by atoms with E-state index in [9.17, 15) is 18.0 Å². The number of rotatable bonds is 2. The van der Waals surface area contributed by atoms with Crippen molar-refractivity contribution < 1.29 is 18.0 Å². The summed E-state index contributed by atoms with van der Waals surface area (Å²) >= 11 is 3.98. The van der Waals surface area contributed by atoms with Crippen LogP contribution in [0.4, 0.5) is 13.2 Å². The summed E-state index contributed by atoms with van der Waals surface area (Å²) < 4.78 is 37.5. The predicted octanol–water partition coefficient (Wildman–Crippen LogP) is 4.32. The van der Waals surface area contributed by atoms with Crippen molar-refractivity contribution in [2.45, 2.75) is 6.18 Å². The van der Waals surface area contributed by atoms with Crippen LogP contribution in [0.25, 0.3) is 10.6 Å². The molecule has 0 aliphatic carbocycles. The zero-order valence-electron chi connectivity index (χ0n) is 8.66. The minimum absolute atomic E-state index is 0.384. The molecule has 0 radical (unpaired) electrons. The summed E-state index contributed by atoms with van der Waals surface area (Å²) in [6.45, 7) is 0. The quantitative estimate of drug-likeness (QED) is 0.765. The van der Waals surface area contributed by atoms with Crippen LogP contribution >= 0.6 is 27.3 Å². The predicted molar refractivity (Wildman–Crippen MR) is 65.6 cm³/mol. The molecule has 18 heavy (non-hydrogen) atoms. The van der Waals surface area contributed by atoms with Crippen LogP contribution in [0.15, 0.2) is 34.9 Å². The van der Waals surface area contributed by atoms with Gasteiger partial charge in [0, 0.05) is 16.2 Å². The molecule has 2 aromatic rings. The first-order valence-electron chi connectivity index (χ1n) is 4.71. The normalized spacial score (nSPS) is 11.6. The van der Waals surface area contributed by atoms with Crippen molar-refractivity contribution in [3.63, 3.8) is 0 Å². The first-order valence-corrected chi connectivity index (χ1v) is 6.32. The van der Waals surface area contributed by atoms with Gasteiger partial charge in [0.1, 0.15) is 9.88 Å². The molecule has 0 saturated heterocycles. The van der Waals surface area contributed by atoms with Crippen molar-refractivity contribution in [2.75, 3.05) is 0 Å². The molecule has 0 unspecified atom stereocenters. The number of aromatic nitrogens is 1. The molecule has 1 aromatic carbocycles. The Balaban J connectivity index is 2.31. The average Bonchev–Trinajstić information content (AvgIpc) is 2.77. The van der Waals surface area contributed by atoms with Gasteiger partial charge >= 0.3 is 6.18 Å². The third-order valence-corrected chi connectivity index (χ3v) is 3.65. The maximum Gasteiger partial charge on any atom is 0.455 e. The van der Waals surface area contributed by atoms with Crippen molar-refractivity contribution in [1.29, 1.82) is 0 Å². The van der Waals surface area contributed by atoms with Crippen LogP contribution in [0.5, 0.6) is 0 Å². The molecule has 1 heterocycles. The highest BCUT2D eigenvalue weighted by atomic mass is 79.9. The third kappa shape index (κ3) is 2.78. The van der Waals surface area contributed by atoms with Crippen molar-refractivity contribution in [1.82, 2.24) is 4.98 Å². The highest BCUT2D eigenvalue weighted by molar-refractivity contribution is 9.10. The van der Waals surface area contributed by atoms with E-state index in [4.69, 9.17) is 0 Å². The molecule has 94 valence electrons. The number of halogens is 4. The lowest BCUT2D eigenvalue weighted by Crippen LogP contribution is -2.21. The number of benzene rings is 1. The van der Waals surface area contributed by atoms with Crippen molar-refractivity contribution >= 4 is 33.0 Å². The molecule has 0 fully saturated rings. The van der Waals surface area contributed by atoms with E-state index in [1.807, 2.05) is 0 Å². The number of nitrogens with zero attached hydrogens (tertiary/aromatic N) is 1. The second-order valence-electron chi connectivity index (χ2n) is 3.36. The Labute approximate surface area is 113 Å². The minimum Gasteiger partial charge on any atom is -0.283 e. The number of hydrogen-bond acceptors (Lipinski definition) is 3. The van der Waals surface area contributed by atoms with E-state index >= 15 is 0 Å². The number of alkyl halides is 3. The van der Waals surface area contributed by atoms with Gasteiger partial charge in [-0.2, -0.15) is 13.2 Å². The summed E-state index contributed by atoms with van der Waals surface area (Å²) in [6, 6.07) is 6.93. The molecule has 0 amide bonds. The summed E-state index contributed by atoms with van der Waals surface area (Å²) in [7, 11) is 0. The number of carbonyl (C=O) groups excluding carboxylic acids is 1. The van der Waals surface area contributed by atoms with Gasteiger partial charge in [-0.25, -0.2) is 4.98 Å². The van der Waals surface area contributed by atoms with Crippen molar-refractivity contribution in [2.24, 2.45) is 0 Å². The molecule has 0 N–H and O–H groups in total. The van der Waals surface area contributed by atoms with Gasteiger partial charge < -0.3 is 0 Å². The Hall–Kier alpha value is -1.21. The number of thiazole rings is 1. The van der Waals surface area contributed by atoms with E-state index in [1.165, 1.54) is 0 Å². The van der Waals surface area contributed by atoms with Crippen LogP contribution in [0.3, 0.4) is 0 Å². The Bertz CT molecular complexity index is 577. The fourth-order valence-corrected chi connectivity index (χ4v) is 2.39. The Kier molecular flexibility index (Phi) is 3.54. The lowest BCUT2D eigenvalue weighted by molar-refractivity contribution is -0.0882. The molecular weight excluding hydrogens is 331 g/mol. The molecule has 0 saturated carbocycles. The highest BCUT2D eigenvalue weighted by Crippen LogP contribution is 2.30. The molecule has 1 aromatic heterocycles. The van der Waals surface area contributed by atoms with Crippen LogP contribution < -0.4 is 0 Å². The zero-order chi connectivity index (χ0) is 13.3. The SMILES string of the molecule is O=C(c1cnc(-c2ccc(Br)cc2)s1)C(F)(F)F. The van der Waals surface area contributed by atoms with Crippen LogP contribution in [0.1, 0.15) is 9.67 Å². The molecular formula is C11H5BrF3NOS. The molecule has 2 rings (SSSR count). The molecule has 0 atom stereocenters. The lowest BCUT2D eigenvalue weighted by Gasteiger charge is -2.00. The van der Waals surface area contributed by atoms with E-state index in [1.54, 1.807) is 24.3 Å². The highest BCUT2D eigenvalue weighted by Gasteiger charge is 2.40. The largest absolute Gasteiger partial charge is 0.455 e. The Morgan fingerprint density at radius 3 is 2.39 bits per heavy atom. The maximum atomic E-state index is 12.2. The van der Waals surface area contributed by atoms with Crippen LogP contribution in [-0.4, -0.2) is 16.9 Å². The van der Waals surface area contributed by atoms with Crippen LogP contribution in [-0.2, 0) is 0 Å². The first-order chi connectivity index (χ1) is 8.38. The topological polar surface area (TPSA) is 30.0 Å². The number of Topliss-reactive ketones (excluding diaryl/α,β-unsaturated/α-hetero) is 1. The number of carbonyl (C=O) groups is 1. The summed E-state index contributed by atoms with van der Waals surface area (Å²) in [5.41, 5.74) is 0.671. The minimum atomic E-state index is -4.86. The van der Waals surface area contributed by atoms with Crippen molar-refractivity contribution in [3.8, 4) is 10.6 Å². The van der Waals surface area contributed by atoms with Gasteiger partial charge in [-0.1, -0.05) is 28.1 Å². The first kappa shape index (κ1) is 13.2.